The average Bonchev–Trinajstić information content (AvgIpc) is 4.15. The summed E-state index contributed by atoms with van der Waals surface area (Å²) in [5.74, 6) is 0.641. The molecule has 0 aliphatic carbocycles. The number of benzene rings is 3. The normalized spacial score (nSPS) is 18.8. The summed E-state index contributed by atoms with van der Waals surface area (Å²) in [7, 11) is 2.53. The van der Waals surface area contributed by atoms with Gasteiger partial charge in [0.15, 0.2) is 0 Å². The molecule has 316 valence electrons. The summed E-state index contributed by atoms with van der Waals surface area (Å²) in [5, 5.41) is 5.39. The topological polar surface area (TPSA) is 198 Å². The summed E-state index contributed by atoms with van der Waals surface area (Å²) in [6.07, 6.45) is 5.10. The Morgan fingerprint density at radius 1 is 0.689 bits per heavy atom. The predicted molar refractivity (Wildman–Crippen MR) is 224 cm³/mol. The molecule has 3 saturated heterocycles. The number of anilines is 2. The molecule has 5 aromatic rings. The van der Waals surface area contributed by atoms with E-state index in [9.17, 15) is 24.0 Å². The molecule has 3 aliphatic rings. The number of aromatic nitrogens is 4. The van der Waals surface area contributed by atoms with E-state index in [0.29, 0.717) is 49.1 Å². The lowest BCUT2D eigenvalue weighted by atomic mass is 10.0. The second-order valence-corrected chi connectivity index (χ2v) is 15.2. The van der Waals surface area contributed by atoms with E-state index >= 15 is 0 Å². The highest BCUT2D eigenvalue weighted by Crippen LogP contribution is 2.36. The number of amides is 5. The second kappa shape index (κ2) is 18.0. The summed E-state index contributed by atoms with van der Waals surface area (Å²) >= 11 is 0. The molecule has 4 atom stereocenters. The number of hydrogen-bond acceptors (Lipinski definition) is 10. The maximum atomic E-state index is 13.9. The van der Waals surface area contributed by atoms with Gasteiger partial charge >= 0.3 is 12.2 Å². The third kappa shape index (κ3) is 8.62. The van der Waals surface area contributed by atoms with Crippen LogP contribution in [0, 0.1) is 0 Å². The van der Waals surface area contributed by atoms with Gasteiger partial charge in [-0.25, -0.2) is 19.6 Å². The molecule has 3 fully saturated rings. The smallest absolute Gasteiger partial charge is 0.407 e. The van der Waals surface area contributed by atoms with Gasteiger partial charge in [0.1, 0.15) is 24.5 Å². The number of imidazole rings is 2. The second-order valence-electron chi connectivity index (χ2n) is 15.2. The fraction of sp³-hybridized carbons (Fsp3) is 0.341. The Kier molecular flexibility index (Phi) is 12.0. The molecule has 61 heavy (non-hydrogen) atoms. The largest absolute Gasteiger partial charge is 0.453 e. The van der Waals surface area contributed by atoms with Crippen molar-refractivity contribution in [2.45, 2.75) is 49.9 Å². The fourth-order valence-electron chi connectivity index (χ4n) is 8.48. The molecule has 0 radical (unpaired) electrons. The summed E-state index contributed by atoms with van der Waals surface area (Å²) in [4.78, 5) is 89.1. The van der Waals surface area contributed by atoms with Gasteiger partial charge in [0.05, 0.1) is 50.1 Å². The SMILES string of the molecule is COC(=O)N[C@@H](C(=O)N1CCC[C@H]1c1cnc(N2CCN(c3ccc(-c4cnc([C@@H]5CCCN5C(=O)[C@H](NC(=O)OC)c5ccccc5)[nH]4)cc3)C(=O)C2)[nH]1)c1ccccc1. The first-order chi connectivity index (χ1) is 29.7. The van der Waals surface area contributed by atoms with Crippen LogP contribution in [0.4, 0.5) is 21.2 Å². The molecule has 0 bridgehead atoms. The van der Waals surface area contributed by atoms with Crippen LogP contribution in [0.25, 0.3) is 11.3 Å². The van der Waals surface area contributed by atoms with Crippen LogP contribution < -0.4 is 20.4 Å². The number of aromatic amines is 2. The Morgan fingerprint density at radius 2 is 1.26 bits per heavy atom. The quantitative estimate of drug-likeness (QED) is 0.138. The molecule has 3 aromatic carbocycles. The third-order valence-corrected chi connectivity index (χ3v) is 11.6. The number of H-pyrrole nitrogens is 2. The van der Waals surface area contributed by atoms with E-state index in [1.54, 1.807) is 51.4 Å². The van der Waals surface area contributed by atoms with E-state index in [4.69, 9.17) is 9.47 Å². The minimum Gasteiger partial charge on any atom is -0.453 e. The molecule has 17 nitrogen and oxygen atoms in total. The van der Waals surface area contributed by atoms with Crippen LogP contribution in [0.2, 0.25) is 0 Å². The Labute approximate surface area is 352 Å². The number of likely N-dealkylation sites (tertiary alicyclic amines) is 2. The zero-order chi connectivity index (χ0) is 42.5. The van der Waals surface area contributed by atoms with E-state index in [0.717, 1.165) is 48.3 Å². The van der Waals surface area contributed by atoms with E-state index in [1.807, 2.05) is 65.6 Å². The minimum atomic E-state index is -0.911. The van der Waals surface area contributed by atoms with Gasteiger partial charge in [-0.3, -0.25) is 14.4 Å². The number of ether oxygens (including phenoxy) is 2. The van der Waals surface area contributed by atoms with Crippen LogP contribution in [0.5, 0.6) is 0 Å². The highest BCUT2D eigenvalue weighted by molar-refractivity contribution is 5.97. The van der Waals surface area contributed by atoms with E-state index in [-0.39, 0.29) is 36.3 Å². The molecule has 5 amide bonds. The van der Waals surface area contributed by atoms with Crippen molar-refractivity contribution in [2.24, 2.45) is 0 Å². The van der Waals surface area contributed by atoms with E-state index in [1.165, 1.54) is 14.2 Å². The molecular weight excluding hydrogens is 781 g/mol. The molecule has 0 unspecified atom stereocenters. The van der Waals surface area contributed by atoms with Crippen LogP contribution >= 0.6 is 0 Å². The van der Waals surface area contributed by atoms with Crippen LogP contribution in [0.1, 0.15) is 72.5 Å². The predicted octanol–water partition coefficient (Wildman–Crippen LogP) is 5.17. The third-order valence-electron chi connectivity index (χ3n) is 11.6. The number of rotatable bonds is 11. The first-order valence-corrected chi connectivity index (χ1v) is 20.4. The summed E-state index contributed by atoms with van der Waals surface area (Å²) < 4.78 is 9.64. The van der Waals surface area contributed by atoms with Crippen molar-refractivity contribution in [2.75, 3.05) is 56.7 Å². The van der Waals surface area contributed by atoms with Gasteiger partial charge in [-0.1, -0.05) is 72.8 Å². The van der Waals surface area contributed by atoms with Crippen molar-refractivity contribution >= 4 is 41.5 Å². The summed E-state index contributed by atoms with van der Waals surface area (Å²) in [6.45, 7) is 2.13. The molecule has 3 aliphatic heterocycles. The van der Waals surface area contributed by atoms with Crippen molar-refractivity contribution in [3.63, 3.8) is 0 Å². The lowest BCUT2D eigenvalue weighted by Crippen LogP contribution is -2.51. The van der Waals surface area contributed by atoms with E-state index < -0.39 is 24.3 Å². The number of alkyl carbamates (subject to hydrolysis) is 2. The minimum absolute atomic E-state index is 0.0838. The zero-order valence-corrected chi connectivity index (χ0v) is 34.0. The maximum Gasteiger partial charge on any atom is 0.407 e. The number of carbonyl (C=O) groups excluding carboxylic acids is 5. The molecular formula is C44H48N10O7. The number of nitrogens with zero attached hydrogens (tertiary/aromatic N) is 6. The van der Waals surface area contributed by atoms with Crippen molar-refractivity contribution in [1.29, 1.82) is 0 Å². The van der Waals surface area contributed by atoms with Gasteiger partial charge in [-0.15, -0.1) is 0 Å². The zero-order valence-electron chi connectivity index (χ0n) is 34.0. The molecule has 5 heterocycles. The highest BCUT2D eigenvalue weighted by atomic mass is 16.5. The van der Waals surface area contributed by atoms with Gasteiger partial charge in [0.2, 0.25) is 17.8 Å². The Balaban J connectivity index is 0.897. The molecule has 0 spiro atoms. The number of hydrogen-bond donors (Lipinski definition) is 4. The number of methoxy groups -OCH3 is 2. The van der Waals surface area contributed by atoms with Crippen LogP contribution in [-0.2, 0) is 23.9 Å². The van der Waals surface area contributed by atoms with Crippen LogP contribution in [0.15, 0.2) is 97.3 Å². The van der Waals surface area contributed by atoms with Crippen LogP contribution in [0.3, 0.4) is 0 Å². The first-order valence-electron chi connectivity index (χ1n) is 20.4. The van der Waals surface area contributed by atoms with E-state index in [2.05, 4.69) is 30.6 Å². The Morgan fingerprint density at radius 3 is 1.84 bits per heavy atom. The molecule has 0 saturated carbocycles. The lowest BCUT2D eigenvalue weighted by molar-refractivity contribution is -0.135. The van der Waals surface area contributed by atoms with Gasteiger partial charge in [-0.05, 0) is 54.5 Å². The number of piperazine rings is 1. The van der Waals surface area contributed by atoms with Gasteiger partial charge in [0, 0.05) is 31.9 Å². The number of nitrogens with one attached hydrogen (secondary N) is 4. The maximum absolute atomic E-state index is 13.9. The number of carbonyl (C=O) groups is 5. The molecule has 2 aromatic heterocycles. The molecule has 4 N–H and O–H groups in total. The van der Waals surface area contributed by atoms with Crippen LogP contribution in [-0.4, -0.2) is 107 Å². The van der Waals surface area contributed by atoms with Gasteiger partial charge in [-0.2, -0.15) is 0 Å². The van der Waals surface area contributed by atoms with Crippen molar-refractivity contribution < 1.29 is 33.4 Å². The standard InChI is InChI=1S/C44H48N10O7/c1-60-43(58)49-37(29-11-5-3-6-12-29)40(56)53-21-9-15-34(53)33-26-46-42(48-33)51-23-24-52(36(55)27-51)31-19-17-28(18-20-31)32-25-45-39(47-32)35-16-10-22-54(35)41(57)38(50-44(59)61-2)30-13-7-4-8-14-30/h3-8,11-14,17-20,25-26,34-35,37-38H,9-10,15-16,21-24,27H2,1-2H3,(H,45,47)(H,46,48)(H,49,58)(H,50,59)/t34-,35-,37+,38+/m0/s1. The van der Waals surface area contributed by atoms with Gasteiger partial charge in [0.25, 0.3) is 5.91 Å². The van der Waals surface area contributed by atoms with Crippen molar-refractivity contribution in [3.8, 4) is 11.3 Å². The summed E-state index contributed by atoms with van der Waals surface area (Å²) in [6, 6.07) is 23.5. The Bertz CT molecular complexity index is 2350. The highest BCUT2D eigenvalue weighted by Gasteiger charge is 2.39. The van der Waals surface area contributed by atoms with Crippen molar-refractivity contribution in [1.82, 2.24) is 40.4 Å². The van der Waals surface area contributed by atoms with Gasteiger partial charge < -0.3 is 49.7 Å². The molecule has 17 heteroatoms. The molecule has 8 rings (SSSR count). The fourth-order valence-corrected chi connectivity index (χ4v) is 8.48. The average molecular weight is 829 g/mol. The Hall–Kier alpha value is -7.17. The van der Waals surface area contributed by atoms with Crippen molar-refractivity contribution in [3.05, 3.63) is 120 Å². The monoisotopic (exact) mass is 828 g/mol. The lowest BCUT2D eigenvalue weighted by Gasteiger charge is -2.34. The first kappa shape index (κ1) is 40.6. The summed E-state index contributed by atoms with van der Waals surface area (Å²) in [5.41, 5.74) is 4.48.